The van der Waals surface area contributed by atoms with Gasteiger partial charge in [-0.05, 0) is 34.7 Å². The molecule has 3 rings (SSSR count). The largest absolute Gasteiger partial charge is 0.480 e. The number of thioether (sulfide) groups is 1. The van der Waals surface area contributed by atoms with Crippen LogP contribution >= 0.6 is 11.8 Å². The standard InChI is InChI=1S/C20H17NO4S/c1-3-11-25-17-9-8-14-6-4-5-7-15(14)16(17)13-18-19(22)21(10-12-24-2)20(23)26-18/h1,4-9,13H,10-12H2,2H3/b18-13+. The highest BCUT2D eigenvalue weighted by atomic mass is 32.2. The molecule has 132 valence electrons. The first-order chi connectivity index (χ1) is 12.7. The zero-order chi connectivity index (χ0) is 18.5. The summed E-state index contributed by atoms with van der Waals surface area (Å²) in [6.45, 7) is 0.652. The number of rotatable bonds is 6. The molecule has 2 aromatic carbocycles. The van der Waals surface area contributed by atoms with E-state index in [1.165, 1.54) is 12.0 Å². The number of benzene rings is 2. The third-order valence-corrected chi connectivity index (χ3v) is 4.82. The van der Waals surface area contributed by atoms with Crippen LogP contribution in [-0.4, -0.2) is 42.9 Å². The molecule has 0 radical (unpaired) electrons. The molecule has 0 bridgehead atoms. The van der Waals surface area contributed by atoms with Crippen LogP contribution in [0.3, 0.4) is 0 Å². The number of fused-ring (bicyclic) bond motifs is 1. The lowest BCUT2D eigenvalue weighted by atomic mass is 10.0. The van der Waals surface area contributed by atoms with E-state index in [4.69, 9.17) is 15.9 Å². The Morgan fingerprint density at radius 3 is 2.81 bits per heavy atom. The van der Waals surface area contributed by atoms with Gasteiger partial charge < -0.3 is 9.47 Å². The van der Waals surface area contributed by atoms with E-state index in [0.717, 1.165) is 28.1 Å². The van der Waals surface area contributed by atoms with Crippen molar-refractivity contribution in [1.82, 2.24) is 4.90 Å². The summed E-state index contributed by atoms with van der Waals surface area (Å²) in [6, 6.07) is 11.5. The van der Waals surface area contributed by atoms with E-state index in [1.807, 2.05) is 36.4 Å². The average Bonchev–Trinajstić information content (AvgIpc) is 2.92. The highest BCUT2D eigenvalue weighted by Crippen LogP contribution is 2.36. The smallest absolute Gasteiger partial charge is 0.293 e. The van der Waals surface area contributed by atoms with Crippen molar-refractivity contribution in [2.24, 2.45) is 0 Å². The molecule has 1 saturated heterocycles. The first kappa shape index (κ1) is 18.1. The second-order valence-corrected chi connectivity index (χ2v) is 6.51. The van der Waals surface area contributed by atoms with Crippen LogP contribution in [-0.2, 0) is 9.53 Å². The molecule has 1 fully saturated rings. The number of imide groups is 1. The van der Waals surface area contributed by atoms with Crippen molar-refractivity contribution in [2.75, 3.05) is 26.9 Å². The zero-order valence-electron chi connectivity index (χ0n) is 14.2. The summed E-state index contributed by atoms with van der Waals surface area (Å²) in [7, 11) is 1.53. The summed E-state index contributed by atoms with van der Waals surface area (Å²) < 4.78 is 10.6. The molecular formula is C20H17NO4S. The quantitative estimate of drug-likeness (QED) is 0.577. The van der Waals surface area contributed by atoms with Gasteiger partial charge in [0.25, 0.3) is 11.1 Å². The average molecular weight is 367 g/mol. The van der Waals surface area contributed by atoms with Gasteiger partial charge in [0.1, 0.15) is 12.4 Å². The van der Waals surface area contributed by atoms with Crippen LogP contribution in [0.5, 0.6) is 5.75 Å². The maximum atomic E-state index is 12.6. The van der Waals surface area contributed by atoms with E-state index in [9.17, 15) is 9.59 Å². The van der Waals surface area contributed by atoms with Crippen molar-refractivity contribution in [1.29, 1.82) is 0 Å². The van der Waals surface area contributed by atoms with E-state index < -0.39 is 0 Å². The topological polar surface area (TPSA) is 55.8 Å². The Morgan fingerprint density at radius 2 is 2.04 bits per heavy atom. The van der Waals surface area contributed by atoms with Crippen LogP contribution in [0.25, 0.3) is 16.8 Å². The highest BCUT2D eigenvalue weighted by molar-refractivity contribution is 8.18. The maximum absolute atomic E-state index is 12.6. The first-order valence-electron chi connectivity index (χ1n) is 7.98. The van der Waals surface area contributed by atoms with Crippen molar-refractivity contribution in [3.63, 3.8) is 0 Å². The van der Waals surface area contributed by atoms with E-state index >= 15 is 0 Å². The molecule has 2 aromatic rings. The number of carbonyl (C=O) groups is 2. The molecule has 0 saturated carbocycles. The fourth-order valence-electron chi connectivity index (χ4n) is 2.68. The Bertz CT molecular complexity index is 929. The lowest BCUT2D eigenvalue weighted by Crippen LogP contribution is -2.31. The normalized spacial score (nSPS) is 15.7. The predicted molar refractivity (Wildman–Crippen MR) is 103 cm³/mol. The summed E-state index contributed by atoms with van der Waals surface area (Å²) in [5, 5.41) is 1.63. The minimum atomic E-state index is -0.326. The molecular weight excluding hydrogens is 350 g/mol. The van der Waals surface area contributed by atoms with Crippen molar-refractivity contribution >= 4 is 39.8 Å². The molecule has 5 nitrogen and oxygen atoms in total. The summed E-state index contributed by atoms with van der Waals surface area (Å²) in [5.74, 6) is 2.69. The second kappa shape index (κ2) is 8.09. The van der Waals surface area contributed by atoms with Crippen LogP contribution in [0, 0.1) is 12.3 Å². The minimum Gasteiger partial charge on any atom is -0.480 e. The van der Waals surface area contributed by atoms with Crippen molar-refractivity contribution < 1.29 is 19.1 Å². The number of carbonyl (C=O) groups excluding carboxylic acids is 2. The number of amides is 2. The molecule has 2 amide bonds. The van der Waals surface area contributed by atoms with Crippen molar-refractivity contribution in [3.05, 3.63) is 46.9 Å². The van der Waals surface area contributed by atoms with Gasteiger partial charge in [0.15, 0.2) is 0 Å². The Labute approximate surface area is 155 Å². The minimum absolute atomic E-state index is 0.120. The molecule has 0 spiro atoms. The zero-order valence-corrected chi connectivity index (χ0v) is 15.0. The number of hydrogen-bond donors (Lipinski definition) is 0. The highest BCUT2D eigenvalue weighted by Gasteiger charge is 2.34. The third kappa shape index (κ3) is 3.59. The van der Waals surface area contributed by atoms with Crippen LogP contribution in [0.15, 0.2) is 41.3 Å². The predicted octanol–water partition coefficient (Wildman–Crippen LogP) is 3.53. The van der Waals surface area contributed by atoms with Gasteiger partial charge in [0, 0.05) is 12.7 Å². The van der Waals surface area contributed by atoms with Gasteiger partial charge in [0.2, 0.25) is 0 Å². The second-order valence-electron chi connectivity index (χ2n) is 5.52. The molecule has 0 N–H and O–H groups in total. The number of hydrogen-bond acceptors (Lipinski definition) is 5. The Hall–Kier alpha value is -2.75. The van der Waals surface area contributed by atoms with Crippen molar-refractivity contribution in [2.45, 2.75) is 0 Å². The van der Waals surface area contributed by atoms with Crippen LogP contribution in [0.1, 0.15) is 5.56 Å². The molecule has 6 heteroatoms. The molecule has 0 unspecified atom stereocenters. The Kier molecular flexibility index (Phi) is 5.61. The van der Waals surface area contributed by atoms with Gasteiger partial charge in [-0.3, -0.25) is 14.5 Å². The first-order valence-corrected chi connectivity index (χ1v) is 8.79. The maximum Gasteiger partial charge on any atom is 0.293 e. The SMILES string of the molecule is C#CCOc1ccc2ccccc2c1/C=C1/SC(=O)N(CCOC)C1=O. The molecule has 1 heterocycles. The fourth-order valence-corrected chi connectivity index (χ4v) is 3.52. The van der Waals surface area contributed by atoms with Crippen LogP contribution < -0.4 is 4.74 Å². The monoisotopic (exact) mass is 367 g/mol. The van der Waals surface area contributed by atoms with Gasteiger partial charge >= 0.3 is 0 Å². The number of ether oxygens (including phenoxy) is 2. The Morgan fingerprint density at radius 1 is 1.23 bits per heavy atom. The summed E-state index contributed by atoms with van der Waals surface area (Å²) in [6.07, 6.45) is 7.00. The number of terminal acetylenes is 1. The van der Waals surface area contributed by atoms with Gasteiger partial charge in [0.05, 0.1) is 18.1 Å². The van der Waals surface area contributed by atoms with E-state index in [2.05, 4.69) is 5.92 Å². The summed E-state index contributed by atoms with van der Waals surface area (Å²) in [4.78, 5) is 26.2. The van der Waals surface area contributed by atoms with Crippen LogP contribution in [0.4, 0.5) is 4.79 Å². The molecule has 1 aliphatic heterocycles. The van der Waals surface area contributed by atoms with Gasteiger partial charge in [-0.2, -0.15) is 0 Å². The number of methoxy groups -OCH3 is 1. The van der Waals surface area contributed by atoms with Crippen LogP contribution in [0.2, 0.25) is 0 Å². The van der Waals surface area contributed by atoms with E-state index in [-0.39, 0.29) is 24.3 Å². The Balaban J connectivity index is 2.04. The third-order valence-electron chi connectivity index (χ3n) is 3.91. The molecule has 0 atom stereocenters. The molecule has 0 aromatic heterocycles. The van der Waals surface area contributed by atoms with Gasteiger partial charge in [-0.25, -0.2) is 0 Å². The van der Waals surface area contributed by atoms with E-state index in [0.29, 0.717) is 17.3 Å². The lowest BCUT2D eigenvalue weighted by molar-refractivity contribution is -0.123. The molecule has 26 heavy (non-hydrogen) atoms. The fraction of sp³-hybridized carbons (Fsp3) is 0.200. The van der Waals surface area contributed by atoms with Crippen molar-refractivity contribution in [3.8, 4) is 18.1 Å². The van der Waals surface area contributed by atoms with E-state index in [1.54, 1.807) is 6.08 Å². The lowest BCUT2D eigenvalue weighted by Gasteiger charge is -2.12. The molecule has 1 aliphatic rings. The molecule has 0 aliphatic carbocycles. The summed E-state index contributed by atoms with van der Waals surface area (Å²) >= 11 is 0.915. The number of nitrogens with zero attached hydrogens (tertiary/aromatic N) is 1. The summed E-state index contributed by atoms with van der Waals surface area (Å²) in [5.41, 5.74) is 0.732. The van der Waals surface area contributed by atoms with Gasteiger partial charge in [-0.1, -0.05) is 36.3 Å². The van der Waals surface area contributed by atoms with Gasteiger partial charge in [-0.15, -0.1) is 6.42 Å².